The van der Waals surface area contributed by atoms with Crippen molar-refractivity contribution in [2.24, 2.45) is 5.92 Å². The predicted octanol–water partition coefficient (Wildman–Crippen LogP) is 0.0145. The highest BCUT2D eigenvalue weighted by molar-refractivity contribution is 5.94. The van der Waals surface area contributed by atoms with Gasteiger partial charge in [0.25, 0.3) is 0 Å². The van der Waals surface area contributed by atoms with Crippen LogP contribution in [0.2, 0.25) is 0 Å². The molecule has 1 aliphatic rings. The quantitative estimate of drug-likeness (QED) is 0.696. The molecule has 1 amide bonds. The number of fused-ring (bicyclic) bond motifs is 1. The number of aromatic nitrogens is 2. The minimum absolute atomic E-state index is 0.0850. The van der Waals surface area contributed by atoms with Crippen LogP contribution in [0, 0.1) is 5.92 Å². The van der Waals surface area contributed by atoms with Crippen LogP contribution in [-0.2, 0) is 20.9 Å². The fraction of sp³-hybridized carbons (Fsp3) is 0.444. The number of hydrogen-bond donors (Lipinski definition) is 1. The van der Waals surface area contributed by atoms with Crippen LogP contribution in [0.5, 0.6) is 0 Å². The van der Waals surface area contributed by atoms with Gasteiger partial charge in [-0.3, -0.25) is 9.59 Å². The number of amides is 1. The molecule has 1 N–H and O–H groups in total. The maximum absolute atomic E-state index is 11.5. The van der Waals surface area contributed by atoms with Gasteiger partial charge in [0.05, 0.1) is 32.2 Å². The maximum Gasteiger partial charge on any atom is 0.306 e. The number of rotatable bonds is 2. The van der Waals surface area contributed by atoms with Gasteiger partial charge in [-0.25, -0.2) is 4.68 Å². The summed E-state index contributed by atoms with van der Waals surface area (Å²) in [4.78, 5) is 22.6. The van der Waals surface area contributed by atoms with E-state index in [1.807, 2.05) is 0 Å². The second-order valence-corrected chi connectivity index (χ2v) is 3.36. The summed E-state index contributed by atoms with van der Waals surface area (Å²) in [7, 11) is 1.31. The Labute approximate surface area is 86.2 Å². The van der Waals surface area contributed by atoms with Gasteiger partial charge in [0.15, 0.2) is 0 Å². The molecule has 15 heavy (non-hydrogen) atoms. The molecular weight excluding hydrogens is 198 g/mol. The van der Waals surface area contributed by atoms with Gasteiger partial charge < -0.3 is 10.1 Å². The molecule has 0 unspecified atom stereocenters. The minimum atomic E-state index is -0.398. The Kier molecular flexibility index (Phi) is 2.40. The Morgan fingerprint density at radius 1 is 1.80 bits per heavy atom. The lowest BCUT2D eigenvalue weighted by Crippen LogP contribution is -2.35. The van der Waals surface area contributed by atoms with Crippen molar-refractivity contribution in [1.29, 1.82) is 0 Å². The number of nitrogens with one attached hydrogen (secondary N) is 1. The summed E-state index contributed by atoms with van der Waals surface area (Å²) in [6, 6.07) is 1.71. The number of hydrogen-bond acceptors (Lipinski definition) is 4. The molecular formula is C9H11N3O3. The van der Waals surface area contributed by atoms with Crippen molar-refractivity contribution in [1.82, 2.24) is 9.78 Å². The van der Waals surface area contributed by atoms with Crippen LogP contribution in [0.4, 0.5) is 5.82 Å². The summed E-state index contributed by atoms with van der Waals surface area (Å²) in [6.07, 6.45) is 1.69. The first-order valence-corrected chi connectivity index (χ1v) is 4.60. The van der Waals surface area contributed by atoms with Gasteiger partial charge in [-0.2, -0.15) is 5.10 Å². The molecule has 0 saturated heterocycles. The molecule has 0 radical (unpaired) electrons. The molecule has 1 aliphatic heterocycles. The largest absolute Gasteiger partial charge is 0.469 e. The number of ether oxygens (including phenoxy) is 1. The topological polar surface area (TPSA) is 73.2 Å². The highest BCUT2D eigenvalue weighted by Crippen LogP contribution is 2.19. The third-order valence-corrected chi connectivity index (χ3v) is 2.37. The van der Waals surface area contributed by atoms with Crippen molar-refractivity contribution in [2.45, 2.75) is 13.0 Å². The van der Waals surface area contributed by atoms with Crippen molar-refractivity contribution in [3.05, 3.63) is 12.3 Å². The van der Waals surface area contributed by atoms with Crippen molar-refractivity contribution in [2.75, 3.05) is 12.4 Å². The zero-order chi connectivity index (χ0) is 10.8. The Hall–Kier alpha value is -1.85. The average molecular weight is 209 g/mol. The summed E-state index contributed by atoms with van der Waals surface area (Å²) in [5.41, 5.74) is 0. The van der Waals surface area contributed by atoms with E-state index in [2.05, 4.69) is 15.2 Å². The van der Waals surface area contributed by atoms with Crippen LogP contribution in [0.25, 0.3) is 0 Å². The van der Waals surface area contributed by atoms with Crippen molar-refractivity contribution < 1.29 is 14.3 Å². The summed E-state index contributed by atoms with van der Waals surface area (Å²) in [5.74, 6) is -0.273. The average Bonchev–Trinajstić information content (AvgIpc) is 2.65. The van der Waals surface area contributed by atoms with Gasteiger partial charge in [0.1, 0.15) is 5.82 Å². The summed E-state index contributed by atoms with van der Waals surface area (Å²) < 4.78 is 6.18. The first-order valence-electron chi connectivity index (χ1n) is 4.60. The molecule has 0 aliphatic carbocycles. The van der Waals surface area contributed by atoms with Gasteiger partial charge in [-0.1, -0.05) is 0 Å². The van der Waals surface area contributed by atoms with Crippen LogP contribution in [-0.4, -0.2) is 28.8 Å². The third-order valence-electron chi connectivity index (χ3n) is 2.37. The van der Waals surface area contributed by atoms with Crippen LogP contribution >= 0.6 is 0 Å². The first kappa shape index (κ1) is 9.70. The number of anilines is 1. The number of esters is 1. The van der Waals surface area contributed by atoms with E-state index >= 15 is 0 Å². The van der Waals surface area contributed by atoms with Crippen molar-refractivity contribution >= 4 is 17.7 Å². The summed E-state index contributed by atoms with van der Waals surface area (Å²) >= 11 is 0. The van der Waals surface area contributed by atoms with E-state index in [1.54, 1.807) is 16.9 Å². The molecule has 2 rings (SSSR count). The molecule has 0 bridgehead atoms. The molecule has 1 atom stereocenters. The van der Waals surface area contributed by atoms with E-state index in [0.717, 1.165) is 0 Å². The number of carbonyl (C=O) groups is 2. The highest BCUT2D eigenvalue weighted by Gasteiger charge is 2.28. The molecule has 6 nitrogen and oxygen atoms in total. The molecule has 6 heteroatoms. The monoisotopic (exact) mass is 209 g/mol. The SMILES string of the molecule is COC(=O)C[C@@H]1Cn2nccc2NC1=O. The lowest BCUT2D eigenvalue weighted by Gasteiger charge is -2.22. The zero-order valence-electron chi connectivity index (χ0n) is 8.27. The summed E-state index contributed by atoms with van der Waals surface area (Å²) in [5, 5.41) is 6.70. The van der Waals surface area contributed by atoms with Crippen LogP contribution in [0.1, 0.15) is 6.42 Å². The molecule has 1 aromatic heterocycles. The second-order valence-electron chi connectivity index (χ2n) is 3.36. The lowest BCUT2D eigenvalue weighted by molar-refractivity contribution is -0.143. The fourth-order valence-corrected chi connectivity index (χ4v) is 1.55. The predicted molar refractivity (Wildman–Crippen MR) is 51.0 cm³/mol. The normalized spacial score (nSPS) is 19.3. The van der Waals surface area contributed by atoms with E-state index in [1.165, 1.54) is 7.11 Å². The molecule has 0 saturated carbocycles. The Morgan fingerprint density at radius 2 is 2.60 bits per heavy atom. The molecule has 1 aromatic rings. The Balaban J connectivity index is 2.10. The first-order chi connectivity index (χ1) is 7.20. The number of nitrogens with zero attached hydrogens (tertiary/aromatic N) is 2. The van der Waals surface area contributed by atoms with Crippen molar-refractivity contribution in [3.8, 4) is 0 Å². The van der Waals surface area contributed by atoms with Crippen LogP contribution in [0.3, 0.4) is 0 Å². The molecule has 0 aromatic carbocycles. The van der Waals surface area contributed by atoms with E-state index < -0.39 is 5.92 Å². The van der Waals surface area contributed by atoms with E-state index in [-0.39, 0.29) is 18.3 Å². The van der Waals surface area contributed by atoms with Crippen LogP contribution in [0.15, 0.2) is 12.3 Å². The van der Waals surface area contributed by atoms with E-state index in [0.29, 0.717) is 12.4 Å². The second kappa shape index (κ2) is 3.72. The zero-order valence-corrected chi connectivity index (χ0v) is 8.27. The van der Waals surface area contributed by atoms with Gasteiger partial charge in [-0.15, -0.1) is 0 Å². The standard InChI is InChI=1S/C9H11N3O3/c1-15-8(13)4-6-5-12-7(2-3-10-12)11-9(6)14/h2-3,6H,4-5H2,1H3,(H,11,14)/t6-/m1/s1. The smallest absolute Gasteiger partial charge is 0.306 e. The Morgan fingerprint density at radius 3 is 3.33 bits per heavy atom. The van der Waals surface area contributed by atoms with Gasteiger partial charge in [0, 0.05) is 6.07 Å². The lowest BCUT2D eigenvalue weighted by atomic mass is 10.0. The summed E-state index contributed by atoms with van der Waals surface area (Å²) in [6.45, 7) is 0.420. The highest BCUT2D eigenvalue weighted by atomic mass is 16.5. The van der Waals surface area contributed by atoms with E-state index in [4.69, 9.17) is 0 Å². The number of methoxy groups -OCH3 is 1. The van der Waals surface area contributed by atoms with Gasteiger partial charge >= 0.3 is 5.97 Å². The fourth-order valence-electron chi connectivity index (χ4n) is 1.55. The maximum atomic E-state index is 11.5. The Bertz CT molecular complexity index is 399. The van der Waals surface area contributed by atoms with Crippen molar-refractivity contribution in [3.63, 3.8) is 0 Å². The van der Waals surface area contributed by atoms with E-state index in [9.17, 15) is 9.59 Å². The molecule has 0 spiro atoms. The minimum Gasteiger partial charge on any atom is -0.469 e. The number of carbonyl (C=O) groups excluding carboxylic acids is 2. The third kappa shape index (κ3) is 1.83. The van der Waals surface area contributed by atoms with Gasteiger partial charge in [0.2, 0.25) is 5.91 Å². The molecule has 80 valence electrons. The van der Waals surface area contributed by atoms with Gasteiger partial charge in [-0.05, 0) is 0 Å². The van der Waals surface area contributed by atoms with Crippen LogP contribution < -0.4 is 5.32 Å². The molecule has 2 heterocycles. The molecule has 0 fully saturated rings.